The summed E-state index contributed by atoms with van der Waals surface area (Å²) in [6, 6.07) is 3.71. The molecule has 0 fully saturated rings. The van der Waals surface area contributed by atoms with E-state index in [-0.39, 0.29) is 69.4 Å². The van der Waals surface area contributed by atoms with Gasteiger partial charge in [-0.05, 0) is 0 Å². The first-order chi connectivity index (χ1) is 9.46. The number of aromatic nitrogens is 1. The van der Waals surface area contributed by atoms with Crippen molar-refractivity contribution in [3.63, 3.8) is 0 Å². The molecule has 1 heterocycles. The molecule has 0 amide bonds. The largest absolute Gasteiger partial charge is 0.484 e. The minimum atomic E-state index is 0. The molecule has 0 atom stereocenters. The fourth-order valence-corrected chi connectivity index (χ4v) is 0.581. The Morgan fingerprint density at radius 3 is 1.25 bits per heavy atom. The van der Waals surface area contributed by atoms with Gasteiger partial charge >= 0.3 is 30.2 Å². The van der Waals surface area contributed by atoms with E-state index >= 15 is 0 Å². The molecule has 1 aromatic heterocycles. The van der Waals surface area contributed by atoms with Crippen LogP contribution in [0.15, 0.2) is 36.6 Å². The third kappa shape index (κ3) is 157. The van der Waals surface area contributed by atoms with Gasteiger partial charge < -0.3 is 61.4 Å². The zero-order chi connectivity index (χ0) is 16.2. The molecule has 0 unspecified atom stereocenters. The molecule has 0 saturated carbocycles. The molecule has 0 saturated heterocycles. The fraction of sp³-hybridized carbons (Fsp3) is 0.304. The zero-order valence-corrected chi connectivity index (χ0v) is 26.2. The van der Waals surface area contributed by atoms with Crippen molar-refractivity contribution in [3.05, 3.63) is 105 Å². The second kappa shape index (κ2) is 71.0. The van der Waals surface area contributed by atoms with E-state index in [0.29, 0.717) is 0 Å². The summed E-state index contributed by atoms with van der Waals surface area (Å²) in [4.78, 5) is 2.74. The van der Waals surface area contributed by atoms with Crippen molar-refractivity contribution in [3.8, 4) is 0 Å². The minimum absolute atomic E-state index is 0. The van der Waals surface area contributed by atoms with Gasteiger partial charge in [0.15, 0.2) is 0 Å². The van der Waals surface area contributed by atoms with Gasteiger partial charge in [0, 0.05) is 0 Å². The van der Waals surface area contributed by atoms with Crippen LogP contribution in [-0.4, -0.2) is 11.9 Å². The van der Waals surface area contributed by atoms with Crippen molar-refractivity contribution in [2.75, 3.05) is 0 Å². The third-order valence-corrected chi connectivity index (χ3v) is 1.03. The van der Waals surface area contributed by atoms with Gasteiger partial charge in [-0.25, -0.2) is 12.2 Å². The first-order valence-corrected chi connectivity index (χ1v) is 12.5. The molecule has 178 valence electrons. The van der Waals surface area contributed by atoms with Gasteiger partial charge in [-0.1, -0.05) is 0 Å². The molecule has 1 aliphatic carbocycles. The summed E-state index contributed by atoms with van der Waals surface area (Å²) in [7, 11) is 0. The molecule has 5 heteroatoms. The average molecular weight is 530 g/mol. The summed E-state index contributed by atoms with van der Waals surface area (Å²) in [6.07, 6.45) is 14.6. The molecule has 1 aliphatic rings. The molecule has 0 bridgehead atoms. The average Bonchev–Trinajstić information content (AvgIpc) is 3.09. The smallest absolute Gasteiger partial charge is 0.108 e. The van der Waals surface area contributed by atoms with E-state index in [1.54, 1.807) is 23.3 Å². The number of aromatic amines is 1. The quantitative estimate of drug-likeness (QED) is 0.259. The maximum atomic E-state index is 2.99. The molecule has 2 rings (SSSR count). The van der Waals surface area contributed by atoms with Gasteiger partial charge in [0.1, 0.15) is 0 Å². The van der Waals surface area contributed by atoms with Crippen LogP contribution in [0.25, 0.3) is 0 Å². The van der Waals surface area contributed by atoms with Crippen LogP contribution in [-0.2, 0) is 23.3 Å². The molecule has 0 aromatic carbocycles. The van der Waals surface area contributed by atoms with E-state index in [1.807, 2.05) is 37.4 Å². The molecule has 1 nitrogen and oxygen atoms in total. The van der Waals surface area contributed by atoms with Crippen LogP contribution in [0.4, 0.5) is 0 Å². The standard InChI is InChI=1S/C5H5.C4H4N.2C4H9.6CH3.2ClH.H2Si.Zr/c2*1-2-4-5-3-1;2*1-4(2)3;;;;;;;;;;/h1-3H,4H2;1-3,5H;2*1-3H3;6*1H3;2*1H;1H2;/q10*-1;;;;. The van der Waals surface area contributed by atoms with E-state index in [2.05, 4.69) is 64.9 Å². The Morgan fingerprint density at radius 1 is 0.821 bits per heavy atom. The topological polar surface area (TPSA) is 15.8 Å². The second-order valence-corrected chi connectivity index (χ2v) is 4.82. The van der Waals surface area contributed by atoms with E-state index in [1.165, 1.54) is 11.8 Å². The summed E-state index contributed by atoms with van der Waals surface area (Å²) in [5.74, 6) is 2.83. The van der Waals surface area contributed by atoms with Crippen LogP contribution in [0.1, 0.15) is 48.0 Å². The fourth-order valence-electron chi connectivity index (χ4n) is 0.581. The summed E-state index contributed by atoms with van der Waals surface area (Å²) in [5.41, 5.74) is 0. The maximum absolute atomic E-state index is 2.99. The Morgan fingerprint density at radius 2 is 1.18 bits per heavy atom. The number of H-pyrrole nitrogens is 1. The van der Waals surface area contributed by atoms with Crippen LogP contribution >= 0.6 is 24.8 Å². The number of rotatable bonds is 0. The summed E-state index contributed by atoms with van der Waals surface area (Å²) in [6.45, 7) is 14.5. The van der Waals surface area contributed by atoms with Gasteiger partial charge in [0.2, 0.25) is 0 Å². The molecular formula is C23H49Cl2NSiZr-10. The van der Waals surface area contributed by atoms with Gasteiger partial charge in [0.25, 0.3) is 0 Å². The van der Waals surface area contributed by atoms with Gasteiger partial charge in [-0.15, -0.1) is 37.4 Å². The van der Waals surface area contributed by atoms with E-state index in [9.17, 15) is 0 Å². The van der Waals surface area contributed by atoms with Gasteiger partial charge in [0.05, 0.1) is 0 Å². The Kier molecular flexibility index (Phi) is 178. The predicted octanol–water partition coefficient (Wildman–Crippen LogP) is 7.99. The van der Waals surface area contributed by atoms with Crippen LogP contribution in [0.3, 0.4) is 0 Å². The van der Waals surface area contributed by atoms with E-state index in [4.69, 9.17) is 0 Å². The Labute approximate surface area is 212 Å². The van der Waals surface area contributed by atoms with Gasteiger partial charge in [-0.2, -0.15) is 65.9 Å². The SMILES string of the molecule is C[C-](C)C.C[C-](C)C.Cl.Cl.[C-]1=CC=CC1.[CH3-].[CH3-].[CH3-].[CH3-].[CH3-].[CH3-].[SiH2]=[Zr].[c-]1ccc[nH]1. The van der Waals surface area contributed by atoms with Crippen LogP contribution < -0.4 is 0 Å². The number of hydrogen-bond acceptors (Lipinski definition) is 0. The summed E-state index contributed by atoms with van der Waals surface area (Å²) < 4.78 is 0. The van der Waals surface area contributed by atoms with Crippen LogP contribution in [0, 0.1) is 68.7 Å². The summed E-state index contributed by atoms with van der Waals surface area (Å²) >= 11 is 1.58. The summed E-state index contributed by atoms with van der Waals surface area (Å²) in [5, 5.41) is 0. The third-order valence-electron chi connectivity index (χ3n) is 1.03. The minimum Gasteiger partial charge on any atom is -0.484 e. The van der Waals surface area contributed by atoms with Crippen molar-refractivity contribution in [2.24, 2.45) is 0 Å². The van der Waals surface area contributed by atoms with E-state index in [0.717, 1.165) is 6.42 Å². The van der Waals surface area contributed by atoms with Crippen molar-refractivity contribution in [1.82, 2.24) is 4.98 Å². The predicted molar refractivity (Wildman–Crippen MR) is 143 cm³/mol. The molecule has 1 N–H and O–H groups in total. The number of halogens is 2. The van der Waals surface area contributed by atoms with Crippen molar-refractivity contribution < 1.29 is 23.3 Å². The molecule has 28 heavy (non-hydrogen) atoms. The van der Waals surface area contributed by atoms with Crippen molar-refractivity contribution in [2.45, 2.75) is 48.0 Å². The second-order valence-electron chi connectivity index (χ2n) is 4.82. The number of hydrogen-bond donors (Lipinski definition) is 1. The van der Waals surface area contributed by atoms with Gasteiger partial charge in [-0.3, -0.25) is 6.08 Å². The van der Waals surface area contributed by atoms with Crippen molar-refractivity contribution in [1.29, 1.82) is 0 Å². The zero-order valence-electron chi connectivity index (χ0n) is 20.7. The Balaban J connectivity index is -0.0000000137. The maximum Gasteiger partial charge on any atom is -0.108 e. The Hall–Kier alpha value is 0.440. The van der Waals surface area contributed by atoms with Crippen LogP contribution in [0.5, 0.6) is 0 Å². The molecule has 0 radical (unpaired) electrons. The normalized spacial score (nSPS) is 7.25. The monoisotopic (exact) mass is 527 g/mol. The van der Waals surface area contributed by atoms with E-state index < -0.39 is 0 Å². The first-order valence-electron chi connectivity index (χ1n) is 6.56. The number of allylic oxidation sites excluding steroid dienone is 4. The molecule has 0 aliphatic heterocycles. The number of nitrogens with one attached hydrogen (secondary N) is 1. The molecular weight excluding hydrogens is 480 g/mol. The Bertz CT molecular complexity index is 263. The molecule has 1 aromatic rings. The first kappa shape index (κ1) is 70.4. The molecule has 0 spiro atoms. The van der Waals surface area contributed by atoms with Crippen LogP contribution in [0.2, 0.25) is 0 Å². The van der Waals surface area contributed by atoms with Crippen molar-refractivity contribution >= 4 is 31.7 Å².